The first kappa shape index (κ1) is 22.1. The summed E-state index contributed by atoms with van der Waals surface area (Å²) in [7, 11) is 1.81. The number of benzene rings is 2. The van der Waals surface area contributed by atoms with Crippen molar-refractivity contribution in [1.82, 2.24) is 14.8 Å². The van der Waals surface area contributed by atoms with Crippen LogP contribution in [0.5, 0.6) is 5.75 Å². The number of nitro groups is 1. The number of fused-ring (bicyclic) bond motifs is 1. The second-order valence-electron chi connectivity index (χ2n) is 7.18. The number of carbonyl (C=O) groups is 1. The maximum atomic E-state index is 12.9. The van der Waals surface area contributed by atoms with E-state index in [1.165, 1.54) is 17.8 Å². The van der Waals surface area contributed by atoms with Gasteiger partial charge in [0, 0.05) is 31.4 Å². The van der Waals surface area contributed by atoms with Crippen LogP contribution in [-0.2, 0) is 24.9 Å². The summed E-state index contributed by atoms with van der Waals surface area (Å²) in [4.78, 5) is 25.2. The number of carbonyl (C=O) groups excluding carboxylic acids is 1. The summed E-state index contributed by atoms with van der Waals surface area (Å²) >= 11 is 7.39. The molecule has 1 aliphatic rings. The summed E-state index contributed by atoms with van der Waals surface area (Å²) in [6.07, 6.45) is 1.48. The molecule has 0 radical (unpaired) electrons. The molecule has 0 atom stereocenters. The van der Waals surface area contributed by atoms with E-state index in [1.807, 2.05) is 19.2 Å². The molecule has 0 bridgehead atoms. The standard InChI is InChI=1S/C21H20ClN5O4S/c1-25-19(12-31-18-7-3-2-6-16(18)22)23-24-21(25)32-13-20(28)26-10-4-5-14-11-15(27(29)30)8-9-17(14)26/h2-3,6-9,11H,4-5,10,12-13H2,1H3. The van der Waals surface area contributed by atoms with E-state index in [9.17, 15) is 14.9 Å². The Morgan fingerprint density at radius 3 is 2.88 bits per heavy atom. The van der Waals surface area contributed by atoms with E-state index in [-0.39, 0.29) is 24.0 Å². The van der Waals surface area contributed by atoms with Crippen molar-refractivity contribution < 1.29 is 14.5 Å². The van der Waals surface area contributed by atoms with E-state index in [4.69, 9.17) is 16.3 Å². The van der Waals surface area contributed by atoms with Gasteiger partial charge in [0.15, 0.2) is 11.0 Å². The van der Waals surface area contributed by atoms with Crippen molar-refractivity contribution in [1.29, 1.82) is 0 Å². The third-order valence-corrected chi connectivity index (χ3v) is 6.45. The molecule has 2 aromatic carbocycles. The lowest BCUT2D eigenvalue weighted by Gasteiger charge is -2.29. The van der Waals surface area contributed by atoms with Crippen LogP contribution in [0.25, 0.3) is 0 Å². The monoisotopic (exact) mass is 473 g/mol. The van der Waals surface area contributed by atoms with Gasteiger partial charge in [0.25, 0.3) is 5.69 Å². The predicted octanol–water partition coefficient (Wildman–Crippen LogP) is 4.03. The molecule has 3 aromatic rings. The second-order valence-corrected chi connectivity index (χ2v) is 8.53. The van der Waals surface area contributed by atoms with Gasteiger partial charge in [0.05, 0.1) is 15.7 Å². The summed E-state index contributed by atoms with van der Waals surface area (Å²) in [5.41, 5.74) is 1.60. The molecule has 0 unspecified atom stereocenters. The number of hydrogen-bond donors (Lipinski definition) is 0. The van der Waals surface area contributed by atoms with E-state index >= 15 is 0 Å². The van der Waals surface area contributed by atoms with E-state index in [0.29, 0.717) is 34.7 Å². The molecule has 1 amide bonds. The zero-order valence-electron chi connectivity index (χ0n) is 17.2. The number of rotatable bonds is 7. The van der Waals surface area contributed by atoms with Gasteiger partial charge in [-0.1, -0.05) is 35.5 Å². The highest BCUT2D eigenvalue weighted by Gasteiger charge is 2.25. The Kier molecular flexibility index (Phi) is 6.61. The van der Waals surface area contributed by atoms with E-state index < -0.39 is 4.92 Å². The van der Waals surface area contributed by atoms with Crippen molar-refractivity contribution in [2.75, 3.05) is 17.2 Å². The quantitative estimate of drug-likeness (QED) is 0.290. The fourth-order valence-corrected chi connectivity index (χ4v) is 4.46. The summed E-state index contributed by atoms with van der Waals surface area (Å²) in [6, 6.07) is 11.8. The van der Waals surface area contributed by atoms with Crippen molar-refractivity contribution in [2.45, 2.75) is 24.6 Å². The van der Waals surface area contributed by atoms with Crippen molar-refractivity contribution in [3.63, 3.8) is 0 Å². The molecule has 0 aliphatic carbocycles. The number of ether oxygens (including phenoxy) is 1. The van der Waals surface area contributed by atoms with Gasteiger partial charge in [-0.2, -0.15) is 0 Å². The Labute approximate surface area is 193 Å². The van der Waals surface area contributed by atoms with Crippen molar-refractivity contribution >= 4 is 40.6 Å². The average Bonchev–Trinajstić information content (AvgIpc) is 3.15. The molecule has 1 aliphatic heterocycles. The molecule has 0 saturated heterocycles. The number of nitrogens with zero attached hydrogens (tertiary/aromatic N) is 5. The molecule has 1 aromatic heterocycles. The molecule has 11 heteroatoms. The molecule has 0 N–H and O–H groups in total. The summed E-state index contributed by atoms with van der Waals surface area (Å²) in [6.45, 7) is 0.778. The molecule has 9 nitrogen and oxygen atoms in total. The molecule has 2 heterocycles. The number of aromatic nitrogens is 3. The smallest absolute Gasteiger partial charge is 0.269 e. The lowest BCUT2D eigenvalue weighted by atomic mass is 10.0. The zero-order valence-corrected chi connectivity index (χ0v) is 18.8. The van der Waals surface area contributed by atoms with Crippen molar-refractivity contribution in [3.8, 4) is 5.75 Å². The minimum absolute atomic E-state index is 0.0399. The van der Waals surface area contributed by atoms with E-state index in [0.717, 1.165) is 17.7 Å². The molecule has 0 saturated carbocycles. The normalized spacial score (nSPS) is 13.0. The van der Waals surface area contributed by atoms with Gasteiger partial charge in [0.2, 0.25) is 5.91 Å². The number of hydrogen-bond acceptors (Lipinski definition) is 7. The minimum atomic E-state index is -0.419. The number of anilines is 1. The fourth-order valence-electron chi connectivity index (χ4n) is 3.46. The first-order valence-corrected chi connectivity index (χ1v) is 11.3. The summed E-state index contributed by atoms with van der Waals surface area (Å²) in [5, 5.41) is 20.4. The molecule has 166 valence electrons. The van der Waals surface area contributed by atoms with Gasteiger partial charge in [0.1, 0.15) is 12.4 Å². The van der Waals surface area contributed by atoms with Crippen LogP contribution in [0.15, 0.2) is 47.6 Å². The number of thioether (sulfide) groups is 1. The highest BCUT2D eigenvalue weighted by Crippen LogP contribution is 2.31. The maximum Gasteiger partial charge on any atom is 0.269 e. The van der Waals surface area contributed by atoms with Crippen molar-refractivity contribution in [3.05, 3.63) is 69.0 Å². The van der Waals surface area contributed by atoms with Gasteiger partial charge >= 0.3 is 0 Å². The second kappa shape index (κ2) is 9.58. The molecule has 4 rings (SSSR count). The SMILES string of the molecule is Cn1c(COc2ccccc2Cl)nnc1SCC(=O)N1CCCc2cc([N+](=O)[O-])ccc21. The highest BCUT2D eigenvalue weighted by atomic mass is 35.5. The zero-order chi connectivity index (χ0) is 22.7. The summed E-state index contributed by atoms with van der Waals surface area (Å²) < 4.78 is 7.50. The minimum Gasteiger partial charge on any atom is -0.484 e. The Balaban J connectivity index is 1.39. The topological polar surface area (TPSA) is 103 Å². The molecule has 0 spiro atoms. The van der Waals surface area contributed by atoms with Gasteiger partial charge in [-0.05, 0) is 36.6 Å². The van der Waals surface area contributed by atoms with Crippen LogP contribution in [0.3, 0.4) is 0 Å². The van der Waals surface area contributed by atoms with Crippen LogP contribution in [0.4, 0.5) is 11.4 Å². The number of para-hydroxylation sites is 1. The van der Waals surface area contributed by atoms with Gasteiger partial charge < -0.3 is 14.2 Å². The van der Waals surface area contributed by atoms with Crippen LogP contribution in [0.1, 0.15) is 17.8 Å². The number of amides is 1. The predicted molar refractivity (Wildman–Crippen MR) is 121 cm³/mol. The number of nitro benzene ring substituents is 1. The Bertz CT molecular complexity index is 1170. The largest absolute Gasteiger partial charge is 0.484 e. The molecular weight excluding hydrogens is 454 g/mol. The molecule has 32 heavy (non-hydrogen) atoms. The van der Waals surface area contributed by atoms with Crippen LogP contribution in [0, 0.1) is 10.1 Å². The highest BCUT2D eigenvalue weighted by molar-refractivity contribution is 7.99. The third kappa shape index (κ3) is 4.71. The van der Waals surface area contributed by atoms with Crippen LogP contribution in [-0.4, -0.2) is 37.9 Å². The lowest BCUT2D eigenvalue weighted by molar-refractivity contribution is -0.384. The Morgan fingerprint density at radius 2 is 2.09 bits per heavy atom. The van der Waals surface area contributed by atoms with Crippen LogP contribution >= 0.6 is 23.4 Å². The van der Waals surface area contributed by atoms with Crippen LogP contribution in [0.2, 0.25) is 5.02 Å². The third-order valence-electron chi connectivity index (χ3n) is 5.14. The van der Waals surface area contributed by atoms with E-state index in [1.54, 1.807) is 33.7 Å². The van der Waals surface area contributed by atoms with Crippen LogP contribution < -0.4 is 9.64 Å². The first-order valence-electron chi connectivity index (χ1n) is 9.90. The maximum absolute atomic E-state index is 12.9. The fraction of sp³-hybridized carbons (Fsp3) is 0.286. The first-order chi connectivity index (χ1) is 15.4. The van der Waals surface area contributed by atoms with Gasteiger partial charge in [-0.3, -0.25) is 14.9 Å². The van der Waals surface area contributed by atoms with Gasteiger partial charge in [-0.15, -0.1) is 10.2 Å². The van der Waals surface area contributed by atoms with Gasteiger partial charge in [-0.25, -0.2) is 0 Å². The summed E-state index contributed by atoms with van der Waals surface area (Å²) in [5.74, 6) is 1.26. The molecular formula is C21H20ClN5O4S. The Morgan fingerprint density at radius 1 is 1.28 bits per heavy atom. The number of non-ortho nitro benzene ring substituents is 1. The van der Waals surface area contributed by atoms with E-state index in [2.05, 4.69) is 10.2 Å². The number of aryl methyl sites for hydroxylation is 1. The average molecular weight is 474 g/mol. The Hall–Kier alpha value is -3.11. The number of halogens is 1. The van der Waals surface area contributed by atoms with Crippen molar-refractivity contribution in [2.24, 2.45) is 7.05 Å². The lowest BCUT2D eigenvalue weighted by Crippen LogP contribution is -2.36. The molecule has 0 fully saturated rings.